The summed E-state index contributed by atoms with van der Waals surface area (Å²) >= 11 is 0. The number of hydrogen-bond acceptors (Lipinski definition) is 2. The third kappa shape index (κ3) is 2.44. The van der Waals surface area contributed by atoms with Crippen LogP contribution >= 0.6 is 12.4 Å². The average molecular weight is 228 g/mol. The molecule has 0 amide bonds. The van der Waals surface area contributed by atoms with Gasteiger partial charge in [0.25, 0.3) is 0 Å². The van der Waals surface area contributed by atoms with E-state index in [-0.39, 0.29) is 18.4 Å². The van der Waals surface area contributed by atoms with Gasteiger partial charge in [0.2, 0.25) is 0 Å². The molecule has 0 radical (unpaired) electrons. The first kappa shape index (κ1) is 12.3. The lowest BCUT2D eigenvalue weighted by Gasteiger charge is -2.31. The van der Waals surface area contributed by atoms with E-state index in [9.17, 15) is 5.11 Å². The lowest BCUT2D eigenvalue weighted by molar-refractivity contribution is 0.260. The van der Waals surface area contributed by atoms with E-state index >= 15 is 0 Å². The summed E-state index contributed by atoms with van der Waals surface area (Å²) in [7, 11) is 0. The van der Waals surface area contributed by atoms with Crippen molar-refractivity contribution in [3.8, 4) is 5.75 Å². The zero-order chi connectivity index (χ0) is 10.1. The molecule has 1 fully saturated rings. The Morgan fingerprint density at radius 2 is 2.07 bits per heavy atom. The number of benzene rings is 1. The number of phenols is 1. The normalized spacial score (nSPS) is 17.7. The summed E-state index contributed by atoms with van der Waals surface area (Å²) in [4.78, 5) is 0. The van der Waals surface area contributed by atoms with Crippen LogP contribution < -0.4 is 5.73 Å². The molecule has 1 atom stereocenters. The van der Waals surface area contributed by atoms with Crippen LogP contribution in [0.4, 0.5) is 0 Å². The van der Waals surface area contributed by atoms with Crippen molar-refractivity contribution < 1.29 is 5.11 Å². The second kappa shape index (κ2) is 4.86. The lowest BCUT2D eigenvalue weighted by atomic mass is 9.77. The number of halogens is 1. The van der Waals surface area contributed by atoms with Crippen LogP contribution in [-0.2, 0) is 0 Å². The molecule has 1 aliphatic carbocycles. The molecule has 2 rings (SSSR count). The smallest absolute Gasteiger partial charge is 0.120 e. The molecule has 3 N–H and O–H groups in total. The molecule has 0 bridgehead atoms. The monoisotopic (exact) mass is 227 g/mol. The Hall–Kier alpha value is -0.730. The Labute approximate surface area is 96.9 Å². The summed E-state index contributed by atoms with van der Waals surface area (Å²) in [5.41, 5.74) is 8.07. The lowest BCUT2D eigenvalue weighted by Crippen LogP contribution is -2.26. The summed E-state index contributed by atoms with van der Waals surface area (Å²) in [6.07, 6.45) is 3.69. The molecule has 3 heteroatoms. The number of nitrogens with two attached hydrogens (primary N) is 1. The van der Waals surface area contributed by atoms with Crippen molar-refractivity contribution in [2.24, 2.45) is 11.7 Å². The Balaban J connectivity index is 0.00000112. The molecule has 1 aromatic rings. The molecule has 1 aliphatic rings. The summed E-state index contributed by atoms with van der Waals surface area (Å²) < 4.78 is 0. The zero-order valence-electron chi connectivity index (χ0n) is 8.94. The van der Waals surface area contributed by atoms with E-state index < -0.39 is 0 Å². The molecule has 1 aromatic carbocycles. The highest BCUT2D eigenvalue weighted by atomic mass is 35.5. The van der Waals surface area contributed by atoms with Gasteiger partial charge in [-0.1, -0.05) is 18.6 Å². The maximum atomic E-state index is 9.75. The molecule has 0 spiro atoms. The van der Waals surface area contributed by atoms with Crippen molar-refractivity contribution in [2.45, 2.75) is 32.2 Å². The van der Waals surface area contributed by atoms with Crippen molar-refractivity contribution in [1.29, 1.82) is 0 Å². The van der Waals surface area contributed by atoms with Crippen molar-refractivity contribution in [3.63, 3.8) is 0 Å². The first-order valence-corrected chi connectivity index (χ1v) is 5.23. The number of hydrogen-bond donors (Lipinski definition) is 2. The minimum atomic E-state index is 0. The molecule has 0 aliphatic heterocycles. The van der Waals surface area contributed by atoms with Crippen LogP contribution in [0.3, 0.4) is 0 Å². The molecule has 0 unspecified atom stereocenters. The van der Waals surface area contributed by atoms with Gasteiger partial charge < -0.3 is 10.8 Å². The topological polar surface area (TPSA) is 46.2 Å². The largest absolute Gasteiger partial charge is 0.508 e. The van der Waals surface area contributed by atoms with E-state index in [1.807, 2.05) is 19.1 Å². The maximum Gasteiger partial charge on any atom is 0.120 e. The first-order valence-electron chi connectivity index (χ1n) is 5.23. The van der Waals surface area contributed by atoms with Gasteiger partial charge in [0.1, 0.15) is 5.75 Å². The van der Waals surface area contributed by atoms with Gasteiger partial charge in [-0.05, 0) is 37.3 Å². The van der Waals surface area contributed by atoms with Gasteiger partial charge in [0, 0.05) is 11.6 Å². The summed E-state index contributed by atoms with van der Waals surface area (Å²) in [5.74, 6) is 0.924. The standard InChI is InChI=1S/C12H17NO.ClH/c1-8-5-6-10(11(14)7-8)12(13)9-3-2-4-9;/h5-7,9,12,14H,2-4,13H2,1H3;1H/t12-;/m1./s1. The van der Waals surface area contributed by atoms with Gasteiger partial charge in [-0.2, -0.15) is 0 Å². The van der Waals surface area contributed by atoms with Crippen LogP contribution in [0.15, 0.2) is 18.2 Å². The summed E-state index contributed by atoms with van der Waals surface area (Å²) in [5, 5.41) is 9.75. The van der Waals surface area contributed by atoms with Gasteiger partial charge >= 0.3 is 0 Å². The molecular formula is C12H18ClNO. The molecule has 2 nitrogen and oxygen atoms in total. The predicted octanol–water partition coefficient (Wildman–Crippen LogP) is 2.92. The predicted molar refractivity (Wildman–Crippen MR) is 64.4 cm³/mol. The fourth-order valence-corrected chi connectivity index (χ4v) is 1.99. The Kier molecular flexibility index (Phi) is 4.00. The van der Waals surface area contributed by atoms with Gasteiger partial charge in [-0.3, -0.25) is 0 Å². The van der Waals surface area contributed by atoms with E-state index in [1.54, 1.807) is 6.07 Å². The van der Waals surface area contributed by atoms with Gasteiger partial charge in [0.15, 0.2) is 0 Å². The molecular weight excluding hydrogens is 210 g/mol. The van der Waals surface area contributed by atoms with Crippen LogP contribution in [0.1, 0.15) is 36.4 Å². The number of aryl methyl sites for hydroxylation is 1. The molecule has 84 valence electrons. The molecule has 0 aromatic heterocycles. The van der Waals surface area contributed by atoms with Crippen LogP contribution in [0, 0.1) is 12.8 Å². The van der Waals surface area contributed by atoms with Crippen molar-refractivity contribution in [1.82, 2.24) is 0 Å². The fourth-order valence-electron chi connectivity index (χ4n) is 1.99. The van der Waals surface area contributed by atoms with Crippen LogP contribution in [0.25, 0.3) is 0 Å². The highest BCUT2D eigenvalue weighted by Crippen LogP contribution is 2.38. The minimum Gasteiger partial charge on any atom is -0.508 e. The first-order chi connectivity index (χ1) is 6.68. The van der Waals surface area contributed by atoms with Gasteiger partial charge in [-0.25, -0.2) is 0 Å². The SMILES string of the molecule is Cc1ccc([C@H](N)C2CCC2)c(O)c1.Cl. The summed E-state index contributed by atoms with van der Waals surface area (Å²) in [6.45, 7) is 1.97. The molecule has 15 heavy (non-hydrogen) atoms. The number of rotatable bonds is 2. The van der Waals surface area contributed by atoms with Gasteiger partial charge in [-0.15, -0.1) is 12.4 Å². The number of phenolic OH excluding ortho intramolecular Hbond substituents is 1. The van der Waals surface area contributed by atoms with E-state index in [1.165, 1.54) is 19.3 Å². The second-order valence-corrected chi connectivity index (χ2v) is 4.28. The number of aromatic hydroxyl groups is 1. The highest BCUT2D eigenvalue weighted by molar-refractivity contribution is 5.85. The zero-order valence-corrected chi connectivity index (χ0v) is 9.76. The van der Waals surface area contributed by atoms with Crippen molar-refractivity contribution in [2.75, 3.05) is 0 Å². The Bertz CT molecular complexity index is 336. The molecule has 1 saturated carbocycles. The average Bonchev–Trinajstić information content (AvgIpc) is 2.00. The molecule has 0 saturated heterocycles. The minimum absolute atomic E-state index is 0. The van der Waals surface area contributed by atoms with E-state index in [2.05, 4.69) is 0 Å². The maximum absolute atomic E-state index is 9.75. The van der Waals surface area contributed by atoms with Crippen LogP contribution in [0.2, 0.25) is 0 Å². The third-order valence-electron chi connectivity index (χ3n) is 3.20. The van der Waals surface area contributed by atoms with E-state index in [0.29, 0.717) is 11.7 Å². The van der Waals surface area contributed by atoms with E-state index in [4.69, 9.17) is 5.73 Å². The Morgan fingerprint density at radius 3 is 2.53 bits per heavy atom. The van der Waals surface area contributed by atoms with Crippen LogP contribution in [-0.4, -0.2) is 5.11 Å². The van der Waals surface area contributed by atoms with Crippen molar-refractivity contribution in [3.05, 3.63) is 29.3 Å². The second-order valence-electron chi connectivity index (χ2n) is 4.28. The van der Waals surface area contributed by atoms with Crippen molar-refractivity contribution >= 4 is 12.4 Å². The quantitative estimate of drug-likeness (QED) is 0.816. The summed E-state index contributed by atoms with van der Waals surface area (Å²) in [6, 6.07) is 5.76. The van der Waals surface area contributed by atoms with Gasteiger partial charge in [0.05, 0.1) is 0 Å². The highest BCUT2D eigenvalue weighted by Gasteiger charge is 2.26. The Morgan fingerprint density at radius 1 is 1.40 bits per heavy atom. The molecule has 0 heterocycles. The fraction of sp³-hybridized carbons (Fsp3) is 0.500. The van der Waals surface area contributed by atoms with E-state index in [0.717, 1.165) is 11.1 Å². The third-order valence-corrected chi connectivity index (χ3v) is 3.20. The van der Waals surface area contributed by atoms with Crippen LogP contribution in [0.5, 0.6) is 5.75 Å².